The Labute approximate surface area is 165 Å². The zero-order chi connectivity index (χ0) is 19.3. The van der Waals surface area contributed by atoms with Crippen molar-refractivity contribution < 1.29 is 13.9 Å². The van der Waals surface area contributed by atoms with Crippen LogP contribution in [0.1, 0.15) is 30.4 Å². The average Bonchev–Trinajstić information content (AvgIpc) is 3.21. The smallest absolute Gasteiger partial charge is 0.223 e. The number of benzene rings is 2. The lowest BCUT2D eigenvalue weighted by atomic mass is 9.99. The van der Waals surface area contributed by atoms with E-state index >= 15 is 0 Å². The van der Waals surface area contributed by atoms with Crippen LogP contribution in [0, 0.1) is 0 Å². The van der Waals surface area contributed by atoms with Gasteiger partial charge in [0, 0.05) is 31.5 Å². The van der Waals surface area contributed by atoms with Gasteiger partial charge in [-0.3, -0.25) is 4.79 Å². The quantitative estimate of drug-likeness (QED) is 0.645. The normalized spacial score (nSPS) is 13.2. The summed E-state index contributed by atoms with van der Waals surface area (Å²) in [4.78, 5) is 18.9. The summed E-state index contributed by atoms with van der Waals surface area (Å²) >= 11 is 0. The Hall–Kier alpha value is -3.08. The third-order valence-corrected chi connectivity index (χ3v) is 5.02. The van der Waals surface area contributed by atoms with Gasteiger partial charge >= 0.3 is 0 Å². The van der Waals surface area contributed by atoms with Crippen molar-refractivity contribution >= 4 is 5.91 Å². The largest absolute Gasteiger partial charge is 0.494 e. The highest BCUT2D eigenvalue weighted by atomic mass is 16.5. The van der Waals surface area contributed by atoms with Gasteiger partial charge in [0.15, 0.2) is 11.7 Å². The summed E-state index contributed by atoms with van der Waals surface area (Å²) in [5.41, 5.74) is 3.46. The van der Waals surface area contributed by atoms with E-state index in [1.54, 1.807) is 6.20 Å². The van der Waals surface area contributed by atoms with E-state index in [4.69, 9.17) is 9.15 Å². The molecule has 0 fully saturated rings. The van der Waals surface area contributed by atoms with Gasteiger partial charge in [0.25, 0.3) is 0 Å². The molecule has 5 nitrogen and oxygen atoms in total. The molecule has 1 aromatic heterocycles. The summed E-state index contributed by atoms with van der Waals surface area (Å²) in [5, 5.41) is 0. The highest BCUT2D eigenvalue weighted by molar-refractivity contribution is 5.76. The van der Waals surface area contributed by atoms with Crippen molar-refractivity contribution in [2.45, 2.75) is 32.7 Å². The fourth-order valence-corrected chi connectivity index (χ4v) is 3.54. The second-order valence-electron chi connectivity index (χ2n) is 6.91. The number of rotatable bonds is 6. The molecule has 0 N–H and O–H groups in total. The van der Waals surface area contributed by atoms with E-state index in [2.05, 4.69) is 17.1 Å². The van der Waals surface area contributed by atoms with Gasteiger partial charge in [-0.05, 0) is 36.6 Å². The summed E-state index contributed by atoms with van der Waals surface area (Å²) in [6.45, 7) is 4.00. The number of amides is 1. The number of fused-ring (bicyclic) bond motifs is 1. The van der Waals surface area contributed by atoms with Crippen molar-refractivity contribution in [3.63, 3.8) is 0 Å². The monoisotopic (exact) mass is 376 g/mol. The number of nitrogens with zero attached hydrogens (tertiary/aromatic N) is 2. The summed E-state index contributed by atoms with van der Waals surface area (Å²) < 4.78 is 11.4. The van der Waals surface area contributed by atoms with Gasteiger partial charge in [-0.1, -0.05) is 36.4 Å². The van der Waals surface area contributed by atoms with E-state index in [-0.39, 0.29) is 5.91 Å². The summed E-state index contributed by atoms with van der Waals surface area (Å²) in [6.07, 6.45) is 3.51. The van der Waals surface area contributed by atoms with E-state index in [0.717, 1.165) is 30.0 Å². The van der Waals surface area contributed by atoms with Crippen molar-refractivity contribution in [2.75, 3.05) is 13.2 Å². The summed E-state index contributed by atoms with van der Waals surface area (Å²) in [5.74, 6) is 2.33. The Morgan fingerprint density at radius 1 is 1.18 bits per heavy atom. The van der Waals surface area contributed by atoms with Crippen molar-refractivity contribution in [3.8, 4) is 17.1 Å². The molecule has 0 aliphatic carbocycles. The molecule has 3 aromatic rings. The van der Waals surface area contributed by atoms with E-state index in [9.17, 15) is 4.79 Å². The molecule has 1 aliphatic rings. The standard InChI is InChI=1S/C23H24N2O3/c1-2-27-20-9-8-17-12-13-25(16-19(17)14-20)23(26)11-10-22-24-15-21(28-22)18-6-4-3-5-7-18/h3-9,14-15H,2,10-13,16H2,1H3. The maximum Gasteiger partial charge on any atom is 0.223 e. The molecule has 4 rings (SSSR count). The highest BCUT2D eigenvalue weighted by Gasteiger charge is 2.21. The van der Waals surface area contributed by atoms with Gasteiger partial charge in [0.2, 0.25) is 5.91 Å². The van der Waals surface area contributed by atoms with Crippen LogP contribution in [0.2, 0.25) is 0 Å². The van der Waals surface area contributed by atoms with Crippen molar-refractivity contribution in [1.82, 2.24) is 9.88 Å². The molecule has 144 valence electrons. The molecule has 0 saturated heterocycles. The van der Waals surface area contributed by atoms with E-state index < -0.39 is 0 Å². The minimum atomic E-state index is 0.131. The molecule has 0 atom stereocenters. The molecular formula is C23H24N2O3. The molecule has 0 radical (unpaired) electrons. The molecule has 1 amide bonds. The molecule has 5 heteroatoms. The number of aromatic nitrogens is 1. The molecule has 0 unspecified atom stereocenters. The van der Waals surface area contributed by atoms with Crippen molar-refractivity contribution in [3.05, 3.63) is 71.7 Å². The molecule has 0 saturated carbocycles. The van der Waals surface area contributed by atoms with E-state index in [1.807, 2.05) is 48.2 Å². The van der Waals surface area contributed by atoms with Crippen LogP contribution in [0.4, 0.5) is 0 Å². The second kappa shape index (κ2) is 8.30. The first-order chi connectivity index (χ1) is 13.7. The number of hydrogen-bond acceptors (Lipinski definition) is 4. The Kier molecular flexibility index (Phi) is 5.42. The van der Waals surface area contributed by atoms with Gasteiger partial charge in [0.1, 0.15) is 5.75 Å². The van der Waals surface area contributed by atoms with Gasteiger partial charge in [-0.2, -0.15) is 0 Å². The third kappa shape index (κ3) is 4.09. The van der Waals surface area contributed by atoms with Crippen LogP contribution < -0.4 is 4.74 Å². The SMILES string of the molecule is CCOc1ccc2c(c1)CN(C(=O)CCc1ncc(-c3ccccc3)o1)CC2. The average molecular weight is 376 g/mol. The Balaban J connectivity index is 1.36. The Morgan fingerprint density at radius 3 is 2.86 bits per heavy atom. The summed E-state index contributed by atoms with van der Waals surface area (Å²) in [6, 6.07) is 16.0. The van der Waals surface area contributed by atoms with E-state index in [0.29, 0.717) is 31.9 Å². The molecule has 0 bridgehead atoms. The molecular weight excluding hydrogens is 352 g/mol. The van der Waals surface area contributed by atoms with Crippen molar-refractivity contribution in [2.24, 2.45) is 0 Å². The number of oxazole rings is 1. The Bertz CT molecular complexity index is 949. The first-order valence-electron chi connectivity index (χ1n) is 9.75. The number of hydrogen-bond donors (Lipinski definition) is 0. The predicted molar refractivity (Wildman–Crippen MR) is 107 cm³/mol. The molecule has 1 aliphatic heterocycles. The predicted octanol–water partition coefficient (Wildman–Crippen LogP) is 4.26. The topological polar surface area (TPSA) is 55.6 Å². The van der Waals surface area contributed by atoms with Gasteiger partial charge < -0.3 is 14.1 Å². The number of carbonyl (C=O) groups excluding carboxylic acids is 1. The van der Waals surface area contributed by atoms with Gasteiger partial charge in [0.05, 0.1) is 12.8 Å². The van der Waals surface area contributed by atoms with Crippen LogP contribution >= 0.6 is 0 Å². The lowest BCUT2D eigenvalue weighted by molar-refractivity contribution is -0.132. The molecule has 2 heterocycles. The number of ether oxygens (including phenoxy) is 1. The Morgan fingerprint density at radius 2 is 2.04 bits per heavy atom. The minimum Gasteiger partial charge on any atom is -0.494 e. The lowest BCUT2D eigenvalue weighted by Gasteiger charge is -2.29. The van der Waals surface area contributed by atoms with Crippen LogP contribution in [-0.4, -0.2) is 28.9 Å². The molecule has 28 heavy (non-hydrogen) atoms. The van der Waals surface area contributed by atoms with Gasteiger partial charge in [-0.25, -0.2) is 4.98 Å². The van der Waals surface area contributed by atoms with Crippen LogP contribution in [0.25, 0.3) is 11.3 Å². The van der Waals surface area contributed by atoms with Crippen LogP contribution in [0.3, 0.4) is 0 Å². The van der Waals surface area contributed by atoms with Crippen LogP contribution in [0.5, 0.6) is 5.75 Å². The first kappa shape index (κ1) is 18.3. The fourth-order valence-electron chi connectivity index (χ4n) is 3.54. The minimum absolute atomic E-state index is 0.131. The lowest BCUT2D eigenvalue weighted by Crippen LogP contribution is -2.36. The van der Waals surface area contributed by atoms with E-state index in [1.165, 1.54) is 11.1 Å². The van der Waals surface area contributed by atoms with Crippen LogP contribution in [0.15, 0.2) is 59.1 Å². The van der Waals surface area contributed by atoms with Crippen LogP contribution in [-0.2, 0) is 24.2 Å². The zero-order valence-corrected chi connectivity index (χ0v) is 16.1. The molecule has 0 spiro atoms. The maximum atomic E-state index is 12.7. The number of carbonyl (C=O) groups is 1. The maximum absolute atomic E-state index is 12.7. The second-order valence-corrected chi connectivity index (χ2v) is 6.91. The fraction of sp³-hybridized carbons (Fsp3) is 0.304. The zero-order valence-electron chi connectivity index (χ0n) is 16.1. The third-order valence-electron chi connectivity index (χ3n) is 5.02. The number of aryl methyl sites for hydroxylation is 1. The highest BCUT2D eigenvalue weighted by Crippen LogP contribution is 2.25. The van der Waals surface area contributed by atoms with Gasteiger partial charge in [-0.15, -0.1) is 0 Å². The molecule has 2 aromatic carbocycles. The van der Waals surface area contributed by atoms with Crippen molar-refractivity contribution in [1.29, 1.82) is 0 Å². The first-order valence-corrected chi connectivity index (χ1v) is 9.75. The summed E-state index contributed by atoms with van der Waals surface area (Å²) in [7, 11) is 0.